The SMILES string of the molecule is Cc1ccccc1C1=NO[C@H](CN(Cc2cccc(F)c2)C[C@H](O)COC(C)C)C1. The first-order chi connectivity index (χ1) is 14.4. The number of benzene rings is 2. The normalized spacial score (nSPS) is 17.3. The average molecular weight is 415 g/mol. The van der Waals surface area contributed by atoms with Crippen molar-refractivity contribution in [2.75, 3.05) is 19.7 Å². The summed E-state index contributed by atoms with van der Waals surface area (Å²) >= 11 is 0. The van der Waals surface area contributed by atoms with Crippen molar-refractivity contribution in [2.45, 2.75) is 52.0 Å². The van der Waals surface area contributed by atoms with Gasteiger partial charge in [0.15, 0.2) is 0 Å². The number of aryl methyl sites for hydroxylation is 1. The van der Waals surface area contributed by atoms with Crippen molar-refractivity contribution in [3.05, 3.63) is 71.0 Å². The van der Waals surface area contributed by atoms with Gasteiger partial charge in [0.2, 0.25) is 0 Å². The molecular formula is C24H31FN2O3. The van der Waals surface area contributed by atoms with Crippen molar-refractivity contribution in [2.24, 2.45) is 5.16 Å². The number of oxime groups is 1. The molecule has 162 valence electrons. The summed E-state index contributed by atoms with van der Waals surface area (Å²) in [5, 5.41) is 14.7. The second-order valence-electron chi connectivity index (χ2n) is 8.14. The minimum absolute atomic E-state index is 0.0551. The van der Waals surface area contributed by atoms with Gasteiger partial charge in [0.05, 0.1) is 24.5 Å². The zero-order valence-electron chi connectivity index (χ0n) is 17.9. The number of aliphatic hydroxyl groups is 1. The van der Waals surface area contributed by atoms with Crippen LogP contribution in [0.25, 0.3) is 0 Å². The van der Waals surface area contributed by atoms with Crippen LogP contribution in [0.15, 0.2) is 53.7 Å². The fourth-order valence-corrected chi connectivity index (χ4v) is 3.62. The Labute approximate surface area is 178 Å². The van der Waals surface area contributed by atoms with Crippen LogP contribution in [0.2, 0.25) is 0 Å². The second kappa shape index (κ2) is 10.7. The van der Waals surface area contributed by atoms with E-state index < -0.39 is 6.10 Å². The average Bonchev–Trinajstić information content (AvgIpc) is 3.15. The quantitative estimate of drug-likeness (QED) is 0.640. The highest BCUT2D eigenvalue weighted by Crippen LogP contribution is 2.21. The van der Waals surface area contributed by atoms with Crippen molar-refractivity contribution in [3.8, 4) is 0 Å². The van der Waals surface area contributed by atoms with Gasteiger partial charge in [0.25, 0.3) is 0 Å². The Bertz CT molecular complexity index is 856. The maximum absolute atomic E-state index is 13.6. The molecule has 1 aliphatic heterocycles. The monoisotopic (exact) mass is 414 g/mol. The zero-order valence-corrected chi connectivity index (χ0v) is 17.9. The van der Waals surface area contributed by atoms with Crippen LogP contribution in [0, 0.1) is 12.7 Å². The zero-order chi connectivity index (χ0) is 21.5. The van der Waals surface area contributed by atoms with Crippen LogP contribution in [0.3, 0.4) is 0 Å². The summed E-state index contributed by atoms with van der Waals surface area (Å²) in [4.78, 5) is 7.78. The third-order valence-corrected chi connectivity index (χ3v) is 5.04. The van der Waals surface area contributed by atoms with Crippen LogP contribution in [0.5, 0.6) is 0 Å². The molecule has 0 aromatic heterocycles. The van der Waals surface area contributed by atoms with Gasteiger partial charge in [0.1, 0.15) is 11.9 Å². The molecule has 0 aliphatic carbocycles. The summed E-state index contributed by atoms with van der Waals surface area (Å²) in [6.07, 6.45) is -0.00614. The number of halogens is 1. The molecule has 0 amide bonds. The third-order valence-electron chi connectivity index (χ3n) is 5.04. The molecule has 3 rings (SSSR count). The molecule has 2 aromatic carbocycles. The second-order valence-corrected chi connectivity index (χ2v) is 8.14. The standard InChI is InChI=1S/C24H31FN2O3/c1-17(2)29-16-21(28)14-27(13-19-8-6-9-20(25)11-19)15-22-12-24(26-30-22)23-10-5-4-7-18(23)3/h4-11,17,21-22,28H,12-16H2,1-3H3/t21-,22-/m0/s1. The predicted octanol–water partition coefficient (Wildman–Crippen LogP) is 3.92. The molecule has 0 saturated carbocycles. The van der Waals surface area contributed by atoms with E-state index in [4.69, 9.17) is 9.57 Å². The Morgan fingerprint density at radius 3 is 2.77 bits per heavy atom. The molecule has 0 fully saturated rings. The molecule has 0 radical (unpaired) electrons. The molecule has 0 bridgehead atoms. The van der Waals surface area contributed by atoms with Crippen molar-refractivity contribution < 1.29 is 19.1 Å². The van der Waals surface area contributed by atoms with Crippen LogP contribution >= 0.6 is 0 Å². The molecule has 0 spiro atoms. The largest absolute Gasteiger partial charge is 0.390 e. The van der Waals surface area contributed by atoms with E-state index in [1.807, 2.05) is 32.0 Å². The summed E-state index contributed by atoms with van der Waals surface area (Å²) in [5.41, 5.74) is 4.05. The van der Waals surface area contributed by atoms with Gasteiger partial charge in [-0.1, -0.05) is 41.6 Å². The molecular weight excluding hydrogens is 383 g/mol. The first-order valence-corrected chi connectivity index (χ1v) is 10.5. The molecule has 1 N–H and O–H groups in total. The summed E-state index contributed by atoms with van der Waals surface area (Å²) in [5.74, 6) is -0.265. The van der Waals surface area contributed by atoms with Crippen molar-refractivity contribution in [3.63, 3.8) is 0 Å². The minimum Gasteiger partial charge on any atom is -0.390 e. The summed E-state index contributed by atoms with van der Waals surface area (Å²) < 4.78 is 19.2. The lowest BCUT2D eigenvalue weighted by Gasteiger charge is -2.27. The molecule has 0 saturated heterocycles. The van der Waals surface area contributed by atoms with Crippen LogP contribution in [0.4, 0.5) is 4.39 Å². The van der Waals surface area contributed by atoms with Gasteiger partial charge in [-0.05, 0) is 44.0 Å². The van der Waals surface area contributed by atoms with Crippen LogP contribution in [-0.4, -0.2) is 53.7 Å². The molecule has 30 heavy (non-hydrogen) atoms. The number of aliphatic hydroxyl groups excluding tert-OH is 1. The van der Waals surface area contributed by atoms with E-state index in [0.29, 0.717) is 26.1 Å². The van der Waals surface area contributed by atoms with Gasteiger partial charge in [-0.15, -0.1) is 0 Å². The van der Waals surface area contributed by atoms with E-state index in [2.05, 4.69) is 29.1 Å². The smallest absolute Gasteiger partial charge is 0.145 e. The highest BCUT2D eigenvalue weighted by atomic mass is 19.1. The lowest BCUT2D eigenvalue weighted by atomic mass is 10.00. The topological polar surface area (TPSA) is 54.3 Å². The Balaban J connectivity index is 1.64. The summed E-state index contributed by atoms with van der Waals surface area (Å²) in [6.45, 7) is 7.69. The fourth-order valence-electron chi connectivity index (χ4n) is 3.62. The molecule has 6 heteroatoms. The van der Waals surface area contributed by atoms with E-state index in [-0.39, 0.29) is 24.6 Å². The van der Waals surface area contributed by atoms with E-state index >= 15 is 0 Å². The van der Waals surface area contributed by atoms with Gasteiger partial charge in [-0.25, -0.2) is 4.39 Å². The van der Waals surface area contributed by atoms with Gasteiger partial charge in [0, 0.05) is 31.6 Å². The molecule has 2 atom stereocenters. The molecule has 2 aromatic rings. The molecule has 1 aliphatic rings. The number of rotatable bonds is 10. The first-order valence-electron chi connectivity index (χ1n) is 10.5. The van der Waals surface area contributed by atoms with Crippen molar-refractivity contribution in [1.29, 1.82) is 0 Å². The number of hydrogen-bond donors (Lipinski definition) is 1. The van der Waals surface area contributed by atoms with Crippen molar-refractivity contribution >= 4 is 5.71 Å². The van der Waals surface area contributed by atoms with Gasteiger partial charge in [-0.2, -0.15) is 0 Å². The number of ether oxygens (including phenoxy) is 1. The van der Waals surface area contributed by atoms with Gasteiger partial charge >= 0.3 is 0 Å². The lowest BCUT2D eigenvalue weighted by molar-refractivity contribution is -0.0194. The van der Waals surface area contributed by atoms with Crippen molar-refractivity contribution in [1.82, 2.24) is 4.90 Å². The Hall–Kier alpha value is -2.28. The Morgan fingerprint density at radius 1 is 1.23 bits per heavy atom. The Morgan fingerprint density at radius 2 is 2.03 bits per heavy atom. The minimum atomic E-state index is -0.640. The summed E-state index contributed by atoms with van der Waals surface area (Å²) in [7, 11) is 0. The molecule has 1 heterocycles. The third kappa shape index (κ3) is 6.62. The highest BCUT2D eigenvalue weighted by molar-refractivity contribution is 6.02. The maximum atomic E-state index is 13.6. The maximum Gasteiger partial charge on any atom is 0.145 e. The van der Waals surface area contributed by atoms with Gasteiger partial charge < -0.3 is 14.7 Å². The van der Waals surface area contributed by atoms with Crippen LogP contribution in [0.1, 0.15) is 37.0 Å². The predicted molar refractivity (Wildman–Crippen MR) is 116 cm³/mol. The first kappa shape index (κ1) is 22.4. The van der Waals surface area contributed by atoms with Gasteiger partial charge in [-0.3, -0.25) is 4.90 Å². The van der Waals surface area contributed by atoms with E-state index in [0.717, 1.165) is 16.8 Å². The molecule has 5 nitrogen and oxygen atoms in total. The number of hydrogen-bond acceptors (Lipinski definition) is 5. The van der Waals surface area contributed by atoms with Crippen LogP contribution < -0.4 is 0 Å². The lowest BCUT2D eigenvalue weighted by Crippen LogP contribution is -2.39. The fraction of sp³-hybridized carbons (Fsp3) is 0.458. The molecule has 0 unspecified atom stereocenters. The Kier molecular flexibility index (Phi) is 7.96. The van der Waals surface area contributed by atoms with E-state index in [1.165, 1.54) is 17.7 Å². The number of nitrogens with zero attached hydrogens (tertiary/aromatic N) is 2. The van der Waals surface area contributed by atoms with Crippen LogP contribution in [-0.2, 0) is 16.1 Å². The van der Waals surface area contributed by atoms with E-state index in [9.17, 15) is 9.50 Å². The van der Waals surface area contributed by atoms with E-state index in [1.54, 1.807) is 6.07 Å². The summed E-state index contributed by atoms with van der Waals surface area (Å²) in [6, 6.07) is 14.7. The highest BCUT2D eigenvalue weighted by Gasteiger charge is 2.26.